The highest BCUT2D eigenvalue weighted by atomic mass is 16.5. The van der Waals surface area contributed by atoms with Crippen molar-refractivity contribution in [2.45, 2.75) is 64.7 Å². The van der Waals surface area contributed by atoms with Crippen LogP contribution in [0.1, 0.15) is 63.9 Å². The van der Waals surface area contributed by atoms with Gasteiger partial charge in [0.15, 0.2) is 0 Å². The van der Waals surface area contributed by atoms with Gasteiger partial charge in [-0.25, -0.2) is 0 Å². The third-order valence-electron chi connectivity index (χ3n) is 5.16. The van der Waals surface area contributed by atoms with E-state index in [9.17, 15) is 5.11 Å². The Morgan fingerprint density at radius 3 is 2.29 bits per heavy atom. The number of aromatic hydroxyl groups is 1. The average molecular weight is 382 g/mol. The number of phenols is 1. The zero-order chi connectivity index (χ0) is 19.8. The van der Waals surface area contributed by atoms with Crippen LogP contribution in [-0.2, 0) is 6.42 Å². The first-order valence-electron chi connectivity index (χ1n) is 10.4. The number of unbranched alkanes of at least 4 members (excludes halogenated alkanes) is 7. The number of fused-ring (bicyclic) bond motifs is 1. The van der Waals surface area contributed by atoms with E-state index in [1.165, 1.54) is 49.7 Å². The van der Waals surface area contributed by atoms with Gasteiger partial charge in [0.1, 0.15) is 28.2 Å². The molecule has 0 saturated carbocycles. The Bertz CT molecular complexity index is 889. The van der Waals surface area contributed by atoms with Crippen LogP contribution in [0.2, 0.25) is 0 Å². The van der Waals surface area contributed by atoms with Gasteiger partial charge in [-0.1, -0.05) is 57.9 Å². The minimum Gasteiger partial charge on any atom is -0.506 e. The predicted octanol–water partition coefficient (Wildman–Crippen LogP) is 5.82. The molecule has 0 fully saturated rings. The number of aryl methyl sites for hydroxylation is 1. The Morgan fingerprint density at radius 2 is 1.57 bits per heavy atom. The number of nitrogens with zero attached hydrogens (tertiary/aromatic N) is 3. The molecule has 0 aliphatic heterocycles. The first-order valence-corrected chi connectivity index (χ1v) is 10.4. The Balaban J connectivity index is 1.55. The van der Waals surface area contributed by atoms with Crippen LogP contribution in [0.5, 0.6) is 11.5 Å². The molecule has 3 aromatic rings. The van der Waals surface area contributed by atoms with Crippen molar-refractivity contribution in [3.8, 4) is 17.2 Å². The highest BCUT2D eigenvalue weighted by molar-refractivity contribution is 5.75. The second kappa shape index (κ2) is 10.1. The lowest BCUT2D eigenvalue weighted by Crippen LogP contribution is -1.99. The summed E-state index contributed by atoms with van der Waals surface area (Å²) >= 11 is 0. The van der Waals surface area contributed by atoms with E-state index in [2.05, 4.69) is 23.2 Å². The topological polar surface area (TPSA) is 60.2 Å². The summed E-state index contributed by atoms with van der Waals surface area (Å²) in [6, 6.07) is 11.4. The second-order valence-corrected chi connectivity index (χ2v) is 7.39. The number of rotatable bonds is 11. The molecule has 3 rings (SSSR count). The lowest BCUT2D eigenvalue weighted by molar-refractivity contribution is 0.415. The van der Waals surface area contributed by atoms with Gasteiger partial charge in [0.25, 0.3) is 0 Å². The van der Waals surface area contributed by atoms with Crippen molar-refractivity contribution in [3.63, 3.8) is 0 Å². The molecule has 1 N–H and O–H groups in total. The fourth-order valence-electron chi connectivity index (χ4n) is 3.49. The van der Waals surface area contributed by atoms with Crippen LogP contribution in [0.4, 0.5) is 0 Å². The molecule has 0 spiro atoms. The van der Waals surface area contributed by atoms with Crippen molar-refractivity contribution in [1.29, 1.82) is 0 Å². The van der Waals surface area contributed by atoms with E-state index < -0.39 is 0 Å². The fourth-order valence-corrected chi connectivity index (χ4v) is 3.49. The van der Waals surface area contributed by atoms with Crippen LogP contribution in [0.25, 0.3) is 16.7 Å². The van der Waals surface area contributed by atoms with Gasteiger partial charge in [0.05, 0.1) is 7.11 Å². The van der Waals surface area contributed by atoms with E-state index >= 15 is 0 Å². The molecule has 0 aliphatic rings. The quantitative estimate of drug-likeness (QED) is 0.425. The van der Waals surface area contributed by atoms with Crippen LogP contribution in [-0.4, -0.2) is 27.2 Å². The first-order chi connectivity index (χ1) is 13.7. The van der Waals surface area contributed by atoms with E-state index in [1.807, 2.05) is 30.3 Å². The molecule has 28 heavy (non-hydrogen) atoms. The van der Waals surface area contributed by atoms with E-state index in [0.29, 0.717) is 5.69 Å². The predicted molar refractivity (Wildman–Crippen MR) is 113 cm³/mol. The maximum absolute atomic E-state index is 10.5. The van der Waals surface area contributed by atoms with Gasteiger partial charge >= 0.3 is 0 Å². The highest BCUT2D eigenvalue weighted by Gasteiger charge is 2.10. The number of hydrogen-bond donors (Lipinski definition) is 1. The number of aromatic nitrogens is 3. The standard InChI is InChI=1S/C23H31N3O2/c1-3-4-5-6-7-8-9-10-11-18-12-15-22(23(27)16-18)26-24-20-14-13-19(28-2)17-21(20)25-26/h12-17,27H,3-11H2,1-2H3. The number of ether oxygens (including phenoxy) is 1. The molecule has 2 aromatic carbocycles. The summed E-state index contributed by atoms with van der Waals surface area (Å²) in [6.07, 6.45) is 11.5. The molecule has 5 nitrogen and oxygen atoms in total. The Kier molecular flexibility index (Phi) is 7.29. The molecule has 0 saturated heterocycles. The van der Waals surface area contributed by atoms with E-state index in [1.54, 1.807) is 7.11 Å². The molecule has 0 unspecified atom stereocenters. The highest BCUT2D eigenvalue weighted by Crippen LogP contribution is 2.25. The molecule has 0 bridgehead atoms. The van der Waals surface area contributed by atoms with Crippen LogP contribution in [0, 0.1) is 0 Å². The van der Waals surface area contributed by atoms with Crippen molar-refractivity contribution in [1.82, 2.24) is 15.0 Å². The SMILES string of the molecule is CCCCCCCCCCc1ccc(-n2nc3ccc(OC)cc3n2)c(O)c1. The molecular formula is C23H31N3O2. The van der Waals surface area contributed by atoms with Crippen molar-refractivity contribution < 1.29 is 9.84 Å². The van der Waals surface area contributed by atoms with E-state index in [4.69, 9.17) is 4.74 Å². The monoisotopic (exact) mass is 381 g/mol. The third kappa shape index (κ3) is 5.24. The second-order valence-electron chi connectivity index (χ2n) is 7.39. The molecule has 1 aromatic heterocycles. The molecule has 5 heteroatoms. The summed E-state index contributed by atoms with van der Waals surface area (Å²) in [6.45, 7) is 2.25. The maximum atomic E-state index is 10.5. The molecule has 0 amide bonds. The first kappa shape index (κ1) is 20.2. The van der Waals surface area contributed by atoms with Crippen molar-refractivity contribution in [2.24, 2.45) is 0 Å². The van der Waals surface area contributed by atoms with Crippen LogP contribution in [0.3, 0.4) is 0 Å². The van der Waals surface area contributed by atoms with Gasteiger partial charge in [0.2, 0.25) is 0 Å². The Hall–Kier alpha value is -2.56. The molecular weight excluding hydrogens is 350 g/mol. The number of phenolic OH excluding ortho intramolecular Hbond substituents is 1. The zero-order valence-corrected chi connectivity index (χ0v) is 17.0. The largest absolute Gasteiger partial charge is 0.506 e. The molecule has 0 atom stereocenters. The Labute approximate surface area is 167 Å². The summed E-state index contributed by atoms with van der Waals surface area (Å²) in [7, 11) is 1.63. The normalized spacial score (nSPS) is 11.2. The fraction of sp³-hybridized carbons (Fsp3) is 0.478. The summed E-state index contributed by atoms with van der Waals surface area (Å²) in [5.74, 6) is 0.953. The van der Waals surface area contributed by atoms with Gasteiger partial charge in [-0.2, -0.15) is 0 Å². The van der Waals surface area contributed by atoms with Gasteiger partial charge < -0.3 is 9.84 Å². The molecule has 1 heterocycles. The van der Waals surface area contributed by atoms with E-state index in [0.717, 1.165) is 35.2 Å². The molecule has 0 aliphatic carbocycles. The number of hydrogen-bond acceptors (Lipinski definition) is 4. The van der Waals surface area contributed by atoms with Gasteiger partial charge in [-0.05, 0) is 42.7 Å². The minimum absolute atomic E-state index is 0.212. The summed E-state index contributed by atoms with van der Waals surface area (Å²) in [4.78, 5) is 1.49. The smallest absolute Gasteiger partial charge is 0.143 e. The zero-order valence-electron chi connectivity index (χ0n) is 17.0. The lowest BCUT2D eigenvalue weighted by atomic mass is 10.0. The van der Waals surface area contributed by atoms with Gasteiger partial charge in [-0.3, -0.25) is 0 Å². The van der Waals surface area contributed by atoms with Gasteiger partial charge in [-0.15, -0.1) is 15.0 Å². The van der Waals surface area contributed by atoms with Crippen molar-refractivity contribution in [2.75, 3.05) is 7.11 Å². The van der Waals surface area contributed by atoms with Crippen molar-refractivity contribution >= 4 is 11.0 Å². The maximum Gasteiger partial charge on any atom is 0.143 e. The number of methoxy groups -OCH3 is 1. The van der Waals surface area contributed by atoms with Crippen molar-refractivity contribution in [3.05, 3.63) is 42.0 Å². The van der Waals surface area contributed by atoms with Gasteiger partial charge in [0, 0.05) is 6.07 Å². The van der Waals surface area contributed by atoms with E-state index in [-0.39, 0.29) is 5.75 Å². The third-order valence-corrected chi connectivity index (χ3v) is 5.16. The molecule has 150 valence electrons. The van der Waals surface area contributed by atoms with Crippen LogP contribution < -0.4 is 4.74 Å². The lowest BCUT2D eigenvalue weighted by Gasteiger charge is -2.07. The summed E-state index contributed by atoms with van der Waals surface area (Å²) in [5, 5.41) is 19.4. The summed E-state index contributed by atoms with van der Waals surface area (Å²) in [5.41, 5.74) is 3.26. The van der Waals surface area contributed by atoms with Crippen LogP contribution in [0.15, 0.2) is 36.4 Å². The summed E-state index contributed by atoms with van der Waals surface area (Å²) < 4.78 is 5.23. The Morgan fingerprint density at radius 1 is 0.857 bits per heavy atom. The molecule has 0 radical (unpaired) electrons. The number of benzene rings is 2. The minimum atomic E-state index is 0.212. The average Bonchev–Trinajstić information content (AvgIpc) is 3.12. The van der Waals surface area contributed by atoms with Crippen LogP contribution >= 0.6 is 0 Å².